The Morgan fingerprint density at radius 2 is 0.848 bits per heavy atom. The van der Waals surface area contributed by atoms with E-state index in [1.54, 1.807) is 0 Å². The molecule has 203 valence electrons. The van der Waals surface area contributed by atoms with Gasteiger partial charge >= 0.3 is 6.18 Å². The van der Waals surface area contributed by atoms with Crippen LogP contribution in [0.25, 0.3) is 0 Å². The molecule has 0 bridgehead atoms. The molecule has 0 saturated heterocycles. The van der Waals surface area contributed by atoms with Crippen molar-refractivity contribution in [3.05, 3.63) is 12.7 Å². The number of rotatable bonds is 22. The monoisotopic (exact) mass is 525 g/mol. The smallest absolute Gasteiger partial charge is 0.380 e. The largest absolute Gasteiger partial charge is 0.448 e. The molecule has 1 radical (unpaired) electrons. The molecule has 0 aromatic heterocycles. The van der Waals surface area contributed by atoms with Crippen LogP contribution in [0.1, 0.15) is 148 Å². The summed E-state index contributed by atoms with van der Waals surface area (Å²) in [7, 11) is 0. The van der Waals surface area contributed by atoms with E-state index in [1.807, 2.05) is 0 Å². The van der Waals surface area contributed by atoms with Crippen LogP contribution in [0.2, 0.25) is 0 Å². The number of halogens is 3. The van der Waals surface area contributed by atoms with Crippen molar-refractivity contribution in [2.24, 2.45) is 5.73 Å². The Kier molecular flexibility index (Phi) is 33.2. The summed E-state index contributed by atoms with van der Waals surface area (Å²) < 4.78 is 32.5. The van der Waals surface area contributed by atoms with Crippen LogP contribution < -0.4 is 5.73 Å². The first-order valence-electron chi connectivity index (χ1n) is 13.4. The minimum Gasteiger partial charge on any atom is -0.380 e. The van der Waals surface area contributed by atoms with Crippen LogP contribution in [-0.4, -0.2) is 12.0 Å². The van der Waals surface area contributed by atoms with Crippen LogP contribution in [-0.2, 0) is 17.1 Å². The SMILES string of the molecule is C=CCCCCCCCCCCCCCCCCCCCCCCC.N=C(N)C(F)(F)F.[Cu]. The van der Waals surface area contributed by atoms with Crippen LogP contribution in [0.15, 0.2) is 12.7 Å². The van der Waals surface area contributed by atoms with Crippen LogP contribution in [0.5, 0.6) is 0 Å². The Balaban J connectivity index is -0.000000969. The normalized spacial score (nSPS) is 10.8. The quantitative estimate of drug-likeness (QED) is 0.0476. The number of hydrogen-bond donors (Lipinski definition) is 2. The molecule has 0 heterocycles. The van der Waals surface area contributed by atoms with Gasteiger partial charge in [-0.05, 0) is 12.8 Å². The van der Waals surface area contributed by atoms with Gasteiger partial charge in [0.15, 0.2) is 5.84 Å². The summed E-state index contributed by atoms with van der Waals surface area (Å²) in [5.41, 5.74) is 4.03. The van der Waals surface area contributed by atoms with Crippen molar-refractivity contribution in [3.63, 3.8) is 0 Å². The van der Waals surface area contributed by atoms with E-state index in [2.05, 4.69) is 25.3 Å². The van der Waals surface area contributed by atoms with Crippen molar-refractivity contribution >= 4 is 5.84 Å². The molecule has 0 aliphatic rings. The maximum Gasteiger partial charge on any atom is 0.448 e. The third kappa shape index (κ3) is 36.3. The second-order valence-electron chi connectivity index (χ2n) is 9.06. The van der Waals surface area contributed by atoms with Gasteiger partial charge in [-0.15, -0.1) is 6.58 Å². The summed E-state index contributed by atoms with van der Waals surface area (Å²) in [4.78, 5) is 0. The topological polar surface area (TPSA) is 49.9 Å². The van der Waals surface area contributed by atoms with E-state index in [9.17, 15) is 13.2 Å². The van der Waals surface area contributed by atoms with Gasteiger partial charge in [0.05, 0.1) is 0 Å². The zero-order valence-corrected chi connectivity index (χ0v) is 22.3. The maximum atomic E-state index is 10.8. The fourth-order valence-electron chi connectivity index (χ4n) is 3.72. The fourth-order valence-corrected chi connectivity index (χ4v) is 3.72. The van der Waals surface area contributed by atoms with Crippen molar-refractivity contribution < 1.29 is 30.2 Å². The van der Waals surface area contributed by atoms with Crippen LogP contribution in [0, 0.1) is 5.41 Å². The molecule has 0 amide bonds. The predicted molar refractivity (Wildman–Crippen MR) is 135 cm³/mol. The molecule has 0 aromatic rings. The van der Waals surface area contributed by atoms with Gasteiger partial charge in [-0.1, -0.05) is 141 Å². The van der Waals surface area contributed by atoms with E-state index < -0.39 is 12.0 Å². The zero-order chi connectivity index (χ0) is 24.3. The standard InChI is InChI=1S/C25H50.C2H3F3N2.Cu/c1-3-5-7-9-11-13-15-17-19-21-23-25-24-22-20-18-16-14-12-10-8-6-4-2;3-2(4,5)1(6)7;/h3H,1,4-25H2,2H3;(H3,6,7);. The molecule has 33 heavy (non-hydrogen) atoms. The average molecular weight is 526 g/mol. The van der Waals surface area contributed by atoms with E-state index in [-0.39, 0.29) is 17.1 Å². The maximum absolute atomic E-state index is 10.8. The number of nitrogens with two attached hydrogens (primary N) is 1. The van der Waals surface area contributed by atoms with Gasteiger partial charge in [-0.2, -0.15) is 13.2 Å². The molecule has 0 rings (SSSR count). The third-order valence-electron chi connectivity index (χ3n) is 5.82. The van der Waals surface area contributed by atoms with E-state index in [1.165, 1.54) is 141 Å². The molecule has 0 aliphatic carbocycles. The van der Waals surface area contributed by atoms with Crippen molar-refractivity contribution in [2.45, 2.75) is 154 Å². The van der Waals surface area contributed by atoms with Crippen molar-refractivity contribution in [3.8, 4) is 0 Å². The van der Waals surface area contributed by atoms with Crippen LogP contribution in [0.4, 0.5) is 13.2 Å². The molecule has 6 heteroatoms. The molecular weight excluding hydrogens is 473 g/mol. The molecule has 0 atom stereocenters. The Bertz CT molecular complexity index is 401. The summed E-state index contributed by atoms with van der Waals surface area (Å²) in [6.45, 7) is 6.08. The summed E-state index contributed by atoms with van der Waals surface area (Å²) in [5, 5.41) is 5.80. The molecular formula is C27H53CuF3N2. The first-order chi connectivity index (χ1) is 15.4. The minimum absolute atomic E-state index is 0. The molecule has 2 nitrogen and oxygen atoms in total. The molecule has 0 aromatic carbocycles. The van der Waals surface area contributed by atoms with E-state index in [0.717, 1.165) is 0 Å². The number of hydrogen-bond acceptors (Lipinski definition) is 1. The van der Waals surface area contributed by atoms with Crippen LogP contribution >= 0.6 is 0 Å². The summed E-state index contributed by atoms with van der Waals surface area (Å²) in [6, 6.07) is 0. The van der Waals surface area contributed by atoms with Crippen molar-refractivity contribution in [2.75, 3.05) is 0 Å². The third-order valence-corrected chi connectivity index (χ3v) is 5.82. The molecule has 3 N–H and O–H groups in total. The van der Waals surface area contributed by atoms with Gasteiger partial charge in [0.1, 0.15) is 0 Å². The van der Waals surface area contributed by atoms with Gasteiger partial charge in [-0.25, -0.2) is 0 Å². The number of unbranched alkanes of at least 4 members (excludes halogenated alkanes) is 21. The van der Waals surface area contributed by atoms with Gasteiger partial charge in [0.2, 0.25) is 0 Å². The van der Waals surface area contributed by atoms with Crippen LogP contribution in [0.3, 0.4) is 0 Å². The number of nitrogens with one attached hydrogen (secondary N) is 1. The Morgan fingerprint density at radius 1 is 0.636 bits per heavy atom. The first kappa shape index (κ1) is 37.1. The van der Waals surface area contributed by atoms with Crippen molar-refractivity contribution in [1.29, 1.82) is 5.41 Å². The zero-order valence-electron chi connectivity index (χ0n) is 21.4. The van der Waals surface area contributed by atoms with Gasteiger partial charge in [-0.3, -0.25) is 5.41 Å². The fraction of sp³-hybridized carbons (Fsp3) is 0.889. The molecule has 0 fully saturated rings. The molecule has 0 aliphatic heterocycles. The van der Waals surface area contributed by atoms with E-state index >= 15 is 0 Å². The summed E-state index contributed by atoms with van der Waals surface area (Å²) in [6.07, 6.45) is 29.3. The van der Waals surface area contributed by atoms with E-state index in [4.69, 9.17) is 5.41 Å². The summed E-state index contributed by atoms with van der Waals surface area (Å²) in [5.74, 6) is -1.76. The van der Waals surface area contributed by atoms with Gasteiger partial charge < -0.3 is 5.73 Å². The number of amidine groups is 1. The first-order valence-corrected chi connectivity index (χ1v) is 13.4. The second-order valence-corrected chi connectivity index (χ2v) is 9.06. The van der Waals surface area contributed by atoms with E-state index in [0.29, 0.717) is 0 Å². The number of allylic oxidation sites excluding steroid dienone is 1. The van der Waals surface area contributed by atoms with Gasteiger partial charge in [0, 0.05) is 17.1 Å². The Hall–Kier alpha value is -0.481. The Labute approximate surface area is 214 Å². The molecule has 0 spiro atoms. The predicted octanol–water partition coefficient (Wildman–Crippen LogP) is 10.3. The average Bonchev–Trinajstić information content (AvgIpc) is 2.74. The Morgan fingerprint density at radius 3 is 1.03 bits per heavy atom. The minimum atomic E-state index is -4.64. The molecule has 0 unspecified atom stereocenters. The molecule has 0 saturated carbocycles. The number of alkyl halides is 3. The second kappa shape index (κ2) is 29.6. The van der Waals surface area contributed by atoms with Crippen molar-refractivity contribution in [1.82, 2.24) is 0 Å². The van der Waals surface area contributed by atoms with Gasteiger partial charge in [0.25, 0.3) is 0 Å². The summed E-state index contributed by atoms with van der Waals surface area (Å²) >= 11 is 0.